The molecule has 0 unspecified atom stereocenters. The van der Waals surface area contributed by atoms with E-state index in [-0.39, 0.29) is 5.69 Å². The fourth-order valence-corrected chi connectivity index (χ4v) is 2.47. The summed E-state index contributed by atoms with van der Waals surface area (Å²) in [5.74, 6) is 0.362. The second-order valence-corrected chi connectivity index (χ2v) is 5.23. The molecule has 8 heteroatoms. The molecule has 0 saturated carbocycles. The van der Waals surface area contributed by atoms with Gasteiger partial charge in [0.15, 0.2) is 5.69 Å². The van der Waals surface area contributed by atoms with Gasteiger partial charge in [0.25, 0.3) is 6.01 Å². The van der Waals surface area contributed by atoms with Crippen LogP contribution in [-0.2, 0) is 4.74 Å². The number of nitriles is 1. The Morgan fingerprint density at radius 2 is 2.08 bits per heavy atom. The second-order valence-electron chi connectivity index (χ2n) is 5.23. The van der Waals surface area contributed by atoms with E-state index in [2.05, 4.69) is 20.9 Å². The summed E-state index contributed by atoms with van der Waals surface area (Å²) in [7, 11) is 0. The van der Waals surface area contributed by atoms with Crippen LogP contribution in [0.15, 0.2) is 29.0 Å². The van der Waals surface area contributed by atoms with Gasteiger partial charge in [0.05, 0.1) is 12.2 Å². The molecule has 0 radical (unpaired) electrons. The Morgan fingerprint density at radius 1 is 1.33 bits per heavy atom. The average molecular weight is 327 g/mol. The zero-order valence-corrected chi connectivity index (χ0v) is 13.3. The van der Waals surface area contributed by atoms with Crippen LogP contribution in [0.25, 0.3) is 0 Å². The lowest BCUT2D eigenvalue weighted by molar-refractivity contribution is 0.0519. The maximum Gasteiger partial charge on any atom is 0.360 e. The van der Waals surface area contributed by atoms with Crippen molar-refractivity contribution in [2.75, 3.05) is 42.6 Å². The van der Waals surface area contributed by atoms with Crippen LogP contribution in [0.1, 0.15) is 23.0 Å². The molecule has 2 aromatic heterocycles. The molecule has 0 bridgehead atoms. The number of carbonyl (C=O) groups excluding carboxylic acids is 1. The third-order valence-electron chi connectivity index (χ3n) is 3.73. The number of ether oxygens (including phenoxy) is 1. The van der Waals surface area contributed by atoms with Gasteiger partial charge in [-0.15, -0.1) is 0 Å². The van der Waals surface area contributed by atoms with E-state index in [0.29, 0.717) is 31.3 Å². The first kappa shape index (κ1) is 15.8. The van der Waals surface area contributed by atoms with Crippen LogP contribution in [0, 0.1) is 11.3 Å². The van der Waals surface area contributed by atoms with Gasteiger partial charge < -0.3 is 19.0 Å². The van der Waals surface area contributed by atoms with Gasteiger partial charge >= 0.3 is 5.97 Å². The molecule has 0 aromatic carbocycles. The van der Waals surface area contributed by atoms with Crippen LogP contribution in [0.2, 0.25) is 0 Å². The normalized spacial score (nSPS) is 14.3. The first-order valence-corrected chi connectivity index (χ1v) is 7.70. The first-order chi connectivity index (χ1) is 11.7. The molecule has 3 rings (SSSR count). The van der Waals surface area contributed by atoms with Crippen LogP contribution in [0.5, 0.6) is 0 Å². The maximum absolute atomic E-state index is 11.6. The third-order valence-corrected chi connectivity index (χ3v) is 3.73. The van der Waals surface area contributed by atoms with Crippen molar-refractivity contribution in [3.05, 3.63) is 35.9 Å². The van der Waals surface area contributed by atoms with Crippen molar-refractivity contribution in [2.45, 2.75) is 6.92 Å². The minimum absolute atomic E-state index is 0.183. The number of nitrogens with zero attached hydrogens (tertiary/aromatic N) is 5. The lowest BCUT2D eigenvalue weighted by Gasteiger charge is -2.34. The van der Waals surface area contributed by atoms with Crippen molar-refractivity contribution in [1.29, 1.82) is 5.26 Å². The lowest BCUT2D eigenvalue weighted by Crippen LogP contribution is -2.47. The number of anilines is 2. The minimum Gasteiger partial charge on any atom is -0.461 e. The number of hydrogen-bond acceptors (Lipinski definition) is 8. The Hall–Kier alpha value is -3.08. The Kier molecular flexibility index (Phi) is 4.61. The number of esters is 1. The number of aromatic nitrogens is 2. The molecule has 1 fully saturated rings. The summed E-state index contributed by atoms with van der Waals surface area (Å²) in [4.78, 5) is 24.2. The highest BCUT2D eigenvalue weighted by molar-refractivity contribution is 5.87. The van der Waals surface area contributed by atoms with Gasteiger partial charge in [-0.25, -0.2) is 9.78 Å². The van der Waals surface area contributed by atoms with Crippen molar-refractivity contribution in [3.63, 3.8) is 0 Å². The summed E-state index contributed by atoms with van der Waals surface area (Å²) in [5, 5.41) is 8.81. The Labute approximate surface area is 139 Å². The molecule has 0 amide bonds. The topological polar surface area (TPSA) is 95.5 Å². The van der Waals surface area contributed by atoms with Crippen LogP contribution >= 0.6 is 0 Å². The largest absolute Gasteiger partial charge is 0.461 e. The van der Waals surface area contributed by atoms with Crippen molar-refractivity contribution in [2.24, 2.45) is 0 Å². The molecule has 8 nitrogen and oxygen atoms in total. The van der Waals surface area contributed by atoms with Crippen LogP contribution in [-0.4, -0.2) is 48.7 Å². The monoisotopic (exact) mass is 327 g/mol. The van der Waals surface area contributed by atoms with Crippen LogP contribution in [0.3, 0.4) is 0 Å². The molecule has 24 heavy (non-hydrogen) atoms. The number of oxazole rings is 1. The van der Waals surface area contributed by atoms with Gasteiger partial charge in [-0.1, -0.05) is 0 Å². The van der Waals surface area contributed by atoms with E-state index in [4.69, 9.17) is 14.4 Å². The van der Waals surface area contributed by atoms with Gasteiger partial charge in [0.1, 0.15) is 18.2 Å². The highest BCUT2D eigenvalue weighted by Gasteiger charge is 2.23. The third kappa shape index (κ3) is 3.30. The fourth-order valence-electron chi connectivity index (χ4n) is 2.47. The number of rotatable bonds is 4. The van der Waals surface area contributed by atoms with Crippen molar-refractivity contribution >= 4 is 17.8 Å². The summed E-state index contributed by atoms with van der Waals surface area (Å²) >= 11 is 0. The summed E-state index contributed by atoms with van der Waals surface area (Å²) in [6.45, 7) is 4.94. The molecule has 1 aliphatic heterocycles. The van der Waals surface area contributed by atoms with E-state index >= 15 is 0 Å². The summed E-state index contributed by atoms with van der Waals surface area (Å²) in [5.41, 5.74) is 0.728. The average Bonchev–Trinajstić information content (AvgIpc) is 3.12. The van der Waals surface area contributed by atoms with E-state index in [1.165, 1.54) is 6.26 Å². The van der Waals surface area contributed by atoms with Gasteiger partial charge in [-0.3, -0.25) is 0 Å². The van der Waals surface area contributed by atoms with Crippen LogP contribution < -0.4 is 9.80 Å². The van der Waals surface area contributed by atoms with Gasteiger partial charge in [-0.05, 0) is 19.1 Å². The van der Waals surface area contributed by atoms with Gasteiger partial charge in [-0.2, -0.15) is 10.2 Å². The first-order valence-electron chi connectivity index (χ1n) is 7.70. The Balaban J connectivity index is 1.60. The molecular weight excluding hydrogens is 310 g/mol. The van der Waals surface area contributed by atoms with Gasteiger partial charge in [0.2, 0.25) is 0 Å². The maximum atomic E-state index is 11.6. The van der Waals surface area contributed by atoms with E-state index < -0.39 is 5.97 Å². The number of piperazine rings is 1. The zero-order valence-electron chi connectivity index (χ0n) is 13.3. The summed E-state index contributed by atoms with van der Waals surface area (Å²) < 4.78 is 10.3. The summed E-state index contributed by atoms with van der Waals surface area (Å²) in [6.07, 6.45) is 2.89. The summed E-state index contributed by atoms with van der Waals surface area (Å²) in [6, 6.07) is 6.08. The second kappa shape index (κ2) is 7.00. The molecule has 124 valence electrons. The predicted molar refractivity (Wildman–Crippen MR) is 85.8 cm³/mol. The predicted octanol–water partition coefficient (Wildman–Crippen LogP) is 1.44. The molecular formula is C16H17N5O3. The lowest BCUT2D eigenvalue weighted by atomic mass is 10.3. The standard InChI is InChI=1S/C16H17N5O3/c1-2-23-15(22)13-11-24-16(19-13)21-7-5-20(6-8-21)14-4-3-12(9-17)10-18-14/h3-4,10-11H,2,5-8H2,1H3. The Bertz CT molecular complexity index is 742. The highest BCUT2D eigenvalue weighted by Crippen LogP contribution is 2.19. The van der Waals surface area contributed by atoms with Crippen LogP contribution in [0.4, 0.5) is 11.8 Å². The Morgan fingerprint density at radius 3 is 2.71 bits per heavy atom. The van der Waals surface area contributed by atoms with E-state index in [0.717, 1.165) is 18.9 Å². The van der Waals surface area contributed by atoms with Gasteiger partial charge in [0, 0.05) is 32.4 Å². The molecule has 1 aliphatic rings. The number of pyridine rings is 1. The zero-order chi connectivity index (χ0) is 16.9. The number of carbonyl (C=O) groups is 1. The van der Waals surface area contributed by atoms with Crippen molar-refractivity contribution in [3.8, 4) is 6.07 Å². The smallest absolute Gasteiger partial charge is 0.360 e. The molecule has 3 heterocycles. The number of hydrogen-bond donors (Lipinski definition) is 0. The quantitative estimate of drug-likeness (QED) is 0.779. The van der Waals surface area contributed by atoms with E-state index in [1.807, 2.05) is 11.0 Å². The molecule has 0 N–H and O–H groups in total. The van der Waals surface area contributed by atoms with E-state index in [1.54, 1.807) is 19.2 Å². The van der Waals surface area contributed by atoms with E-state index in [9.17, 15) is 4.79 Å². The van der Waals surface area contributed by atoms with Crippen molar-refractivity contribution in [1.82, 2.24) is 9.97 Å². The molecule has 0 atom stereocenters. The minimum atomic E-state index is -0.479. The highest BCUT2D eigenvalue weighted by atomic mass is 16.5. The SMILES string of the molecule is CCOC(=O)c1coc(N2CCN(c3ccc(C#N)cn3)CC2)n1. The fraction of sp³-hybridized carbons (Fsp3) is 0.375. The van der Waals surface area contributed by atoms with Crippen molar-refractivity contribution < 1.29 is 13.9 Å². The molecule has 0 spiro atoms. The molecule has 1 saturated heterocycles. The molecule has 2 aromatic rings. The molecule has 0 aliphatic carbocycles.